The number of nitrogens with zero attached hydrogens (tertiary/aromatic N) is 2. The summed E-state index contributed by atoms with van der Waals surface area (Å²) in [5.41, 5.74) is 7.12. The minimum atomic E-state index is -0.400. The van der Waals surface area contributed by atoms with Crippen molar-refractivity contribution in [3.63, 3.8) is 0 Å². The molecule has 23 heavy (non-hydrogen) atoms. The first-order valence-electron chi connectivity index (χ1n) is 7.25. The van der Waals surface area contributed by atoms with Crippen molar-refractivity contribution in [2.45, 2.75) is 12.6 Å². The van der Waals surface area contributed by atoms with Crippen LogP contribution in [0, 0.1) is 0 Å². The van der Waals surface area contributed by atoms with E-state index in [-0.39, 0.29) is 0 Å². The number of aromatic amines is 1. The summed E-state index contributed by atoms with van der Waals surface area (Å²) in [4.78, 5) is 4.40. The molecule has 6 heteroatoms. The average molecular weight is 310 g/mol. The lowest BCUT2D eigenvalue weighted by Crippen LogP contribution is -2.13. The Morgan fingerprint density at radius 1 is 1.04 bits per heavy atom. The molecule has 0 fully saturated rings. The lowest BCUT2D eigenvalue weighted by Gasteiger charge is -2.08. The molecule has 0 aliphatic heterocycles. The normalized spacial score (nSPS) is 11.9. The van der Waals surface area contributed by atoms with Crippen LogP contribution in [0.25, 0.3) is 0 Å². The highest BCUT2D eigenvalue weighted by Gasteiger charge is 2.14. The molecule has 1 aromatic heterocycles. The van der Waals surface area contributed by atoms with Gasteiger partial charge in [0, 0.05) is 0 Å². The number of H-pyrrole nitrogens is 1. The lowest BCUT2D eigenvalue weighted by molar-refractivity contribution is 0.296. The van der Waals surface area contributed by atoms with E-state index in [4.69, 9.17) is 15.2 Å². The Morgan fingerprint density at radius 2 is 1.78 bits per heavy atom. The summed E-state index contributed by atoms with van der Waals surface area (Å²) < 4.78 is 10.8. The third-order valence-corrected chi connectivity index (χ3v) is 3.42. The second kappa shape index (κ2) is 6.93. The van der Waals surface area contributed by atoms with Gasteiger partial charge in [-0.05, 0) is 29.8 Å². The molecule has 2 aromatic carbocycles. The van der Waals surface area contributed by atoms with E-state index in [1.807, 2.05) is 54.6 Å². The first-order valence-corrected chi connectivity index (χ1v) is 7.25. The van der Waals surface area contributed by atoms with Crippen LogP contribution in [0.4, 0.5) is 0 Å². The molecule has 3 N–H and O–H groups in total. The summed E-state index contributed by atoms with van der Waals surface area (Å²) in [6.07, 6.45) is 0. The van der Waals surface area contributed by atoms with Crippen LogP contribution in [0.1, 0.15) is 23.3 Å². The van der Waals surface area contributed by atoms with Gasteiger partial charge in [-0.25, -0.2) is 4.98 Å². The summed E-state index contributed by atoms with van der Waals surface area (Å²) >= 11 is 0. The largest absolute Gasteiger partial charge is 0.497 e. The number of para-hydroxylation sites is 1. The van der Waals surface area contributed by atoms with Crippen molar-refractivity contribution >= 4 is 0 Å². The molecule has 0 aliphatic carbocycles. The van der Waals surface area contributed by atoms with Crippen LogP contribution in [0.3, 0.4) is 0 Å². The van der Waals surface area contributed by atoms with E-state index >= 15 is 0 Å². The van der Waals surface area contributed by atoms with E-state index in [9.17, 15) is 0 Å². The molecular formula is C17H18N4O2. The molecule has 3 rings (SSSR count). The molecule has 0 unspecified atom stereocenters. The maximum atomic E-state index is 6.20. The topological polar surface area (TPSA) is 86.0 Å². The van der Waals surface area contributed by atoms with Crippen LogP contribution in [0.2, 0.25) is 0 Å². The first-order chi connectivity index (χ1) is 11.3. The zero-order chi connectivity index (χ0) is 16.1. The first kappa shape index (κ1) is 15.1. The summed E-state index contributed by atoms with van der Waals surface area (Å²) in [7, 11) is 1.63. The van der Waals surface area contributed by atoms with E-state index in [0.29, 0.717) is 18.3 Å². The van der Waals surface area contributed by atoms with Gasteiger partial charge in [0.25, 0.3) is 0 Å². The second-order valence-corrected chi connectivity index (χ2v) is 4.99. The fraction of sp³-hybridized carbons (Fsp3) is 0.176. The van der Waals surface area contributed by atoms with Crippen LogP contribution in [0.15, 0.2) is 54.6 Å². The molecule has 0 radical (unpaired) electrons. The lowest BCUT2D eigenvalue weighted by atomic mass is 10.1. The Labute approximate surface area is 134 Å². The molecule has 3 aromatic rings. The van der Waals surface area contributed by atoms with Crippen LogP contribution in [0.5, 0.6) is 11.5 Å². The maximum absolute atomic E-state index is 6.20. The van der Waals surface area contributed by atoms with Gasteiger partial charge in [0.05, 0.1) is 13.2 Å². The molecule has 0 bridgehead atoms. The van der Waals surface area contributed by atoms with Crippen molar-refractivity contribution in [1.29, 1.82) is 0 Å². The quantitative estimate of drug-likeness (QED) is 0.730. The smallest absolute Gasteiger partial charge is 0.172 e. The van der Waals surface area contributed by atoms with Crippen LogP contribution >= 0.6 is 0 Å². The van der Waals surface area contributed by atoms with Gasteiger partial charge in [-0.15, -0.1) is 0 Å². The van der Waals surface area contributed by atoms with Crippen molar-refractivity contribution in [3.8, 4) is 11.5 Å². The predicted molar refractivity (Wildman–Crippen MR) is 86.2 cm³/mol. The zero-order valence-electron chi connectivity index (χ0n) is 12.8. The summed E-state index contributed by atoms with van der Waals surface area (Å²) in [6.45, 7) is 0.312. The molecule has 118 valence electrons. The van der Waals surface area contributed by atoms with Crippen LogP contribution < -0.4 is 15.2 Å². The summed E-state index contributed by atoms with van der Waals surface area (Å²) in [5.74, 6) is 2.73. The molecule has 1 atom stereocenters. The average Bonchev–Trinajstić information content (AvgIpc) is 3.09. The van der Waals surface area contributed by atoms with E-state index in [2.05, 4.69) is 15.2 Å². The van der Waals surface area contributed by atoms with Crippen molar-refractivity contribution < 1.29 is 9.47 Å². The number of hydrogen-bond acceptors (Lipinski definition) is 5. The van der Waals surface area contributed by atoms with Crippen LogP contribution in [-0.4, -0.2) is 22.3 Å². The number of hydrogen-bond donors (Lipinski definition) is 2. The highest BCUT2D eigenvalue weighted by atomic mass is 16.5. The van der Waals surface area contributed by atoms with Gasteiger partial charge in [-0.3, -0.25) is 5.10 Å². The van der Waals surface area contributed by atoms with E-state index < -0.39 is 6.04 Å². The van der Waals surface area contributed by atoms with Gasteiger partial charge in [-0.1, -0.05) is 30.3 Å². The van der Waals surface area contributed by atoms with Crippen molar-refractivity contribution in [3.05, 3.63) is 71.8 Å². The molecule has 0 aliphatic rings. The van der Waals surface area contributed by atoms with Crippen molar-refractivity contribution in [2.24, 2.45) is 5.73 Å². The minimum absolute atomic E-state index is 0.312. The number of methoxy groups -OCH3 is 1. The minimum Gasteiger partial charge on any atom is -0.497 e. The molecule has 0 spiro atoms. The van der Waals surface area contributed by atoms with E-state index in [1.165, 1.54) is 0 Å². The van der Waals surface area contributed by atoms with Gasteiger partial charge in [-0.2, -0.15) is 5.10 Å². The highest BCUT2D eigenvalue weighted by molar-refractivity contribution is 5.31. The summed E-state index contributed by atoms with van der Waals surface area (Å²) in [6, 6.07) is 16.7. The number of aromatic nitrogens is 3. The zero-order valence-corrected chi connectivity index (χ0v) is 12.8. The fourth-order valence-corrected chi connectivity index (χ4v) is 2.14. The standard InChI is InChI=1S/C17H18N4O2/c1-22-13-9-7-12(8-10-13)16(18)17-19-15(20-21-17)11-23-14-5-3-2-4-6-14/h2-10,16H,11,18H2,1H3,(H,19,20,21)/t16-/m0/s1. The van der Waals surface area contributed by atoms with Gasteiger partial charge < -0.3 is 15.2 Å². The van der Waals surface area contributed by atoms with Gasteiger partial charge in [0.2, 0.25) is 0 Å². The molecule has 0 amide bonds. The molecular weight excluding hydrogens is 292 g/mol. The third-order valence-electron chi connectivity index (χ3n) is 3.42. The maximum Gasteiger partial charge on any atom is 0.172 e. The number of nitrogens with one attached hydrogen (secondary N) is 1. The number of ether oxygens (including phenoxy) is 2. The predicted octanol–water partition coefficient (Wildman–Crippen LogP) is 2.44. The SMILES string of the molecule is COc1ccc([C@H](N)c2n[nH]c(COc3ccccc3)n2)cc1. The van der Waals surface area contributed by atoms with E-state index in [0.717, 1.165) is 17.1 Å². The Bertz CT molecular complexity index is 741. The van der Waals surface area contributed by atoms with E-state index in [1.54, 1.807) is 7.11 Å². The molecule has 0 saturated heterocycles. The number of rotatable bonds is 6. The Kier molecular flexibility index (Phi) is 4.54. The highest BCUT2D eigenvalue weighted by Crippen LogP contribution is 2.20. The van der Waals surface area contributed by atoms with Gasteiger partial charge in [0.15, 0.2) is 11.6 Å². The second-order valence-electron chi connectivity index (χ2n) is 4.99. The third kappa shape index (κ3) is 3.67. The Morgan fingerprint density at radius 3 is 2.48 bits per heavy atom. The van der Waals surface area contributed by atoms with Crippen LogP contribution in [-0.2, 0) is 6.61 Å². The fourth-order valence-electron chi connectivity index (χ4n) is 2.14. The van der Waals surface area contributed by atoms with Crippen molar-refractivity contribution in [1.82, 2.24) is 15.2 Å². The molecule has 0 saturated carbocycles. The summed E-state index contributed by atoms with van der Waals surface area (Å²) in [5, 5.41) is 7.03. The van der Waals surface area contributed by atoms with Gasteiger partial charge in [0.1, 0.15) is 18.1 Å². The molecule has 1 heterocycles. The van der Waals surface area contributed by atoms with Crippen molar-refractivity contribution in [2.75, 3.05) is 7.11 Å². The molecule has 6 nitrogen and oxygen atoms in total. The Hall–Kier alpha value is -2.86. The number of nitrogens with two attached hydrogens (primary N) is 1. The Balaban J connectivity index is 1.65. The number of benzene rings is 2. The van der Waals surface area contributed by atoms with Gasteiger partial charge >= 0.3 is 0 Å². The monoisotopic (exact) mass is 310 g/mol.